The van der Waals surface area contributed by atoms with Crippen molar-refractivity contribution in [1.82, 2.24) is 5.32 Å². The SMILES string of the molecule is CCC(NCCC1CC1)C1CC1. The molecule has 0 heterocycles. The van der Waals surface area contributed by atoms with Gasteiger partial charge in [-0.1, -0.05) is 19.8 Å². The first kappa shape index (κ1) is 8.55. The van der Waals surface area contributed by atoms with Gasteiger partial charge in [0.05, 0.1) is 0 Å². The summed E-state index contributed by atoms with van der Waals surface area (Å²) in [6.07, 6.45) is 8.73. The first-order valence-corrected chi connectivity index (χ1v) is 5.63. The predicted octanol–water partition coefficient (Wildman–Crippen LogP) is 2.56. The highest BCUT2D eigenvalue weighted by Crippen LogP contribution is 2.35. The van der Waals surface area contributed by atoms with Gasteiger partial charge in [-0.05, 0) is 44.1 Å². The summed E-state index contributed by atoms with van der Waals surface area (Å²) in [5, 5.41) is 3.70. The van der Waals surface area contributed by atoms with E-state index in [2.05, 4.69) is 12.2 Å². The largest absolute Gasteiger partial charge is 0.314 e. The first-order valence-electron chi connectivity index (χ1n) is 5.63. The Morgan fingerprint density at radius 1 is 1.25 bits per heavy atom. The maximum Gasteiger partial charge on any atom is 0.00927 e. The molecule has 2 saturated carbocycles. The van der Waals surface area contributed by atoms with Crippen molar-refractivity contribution in [2.75, 3.05) is 6.54 Å². The van der Waals surface area contributed by atoms with Crippen molar-refractivity contribution in [3.05, 3.63) is 0 Å². The molecule has 1 nitrogen and oxygen atoms in total. The lowest BCUT2D eigenvalue weighted by molar-refractivity contribution is 0.439. The Kier molecular flexibility index (Phi) is 2.69. The van der Waals surface area contributed by atoms with Gasteiger partial charge in [0.1, 0.15) is 0 Å². The zero-order valence-electron chi connectivity index (χ0n) is 8.18. The fourth-order valence-corrected chi connectivity index (χ4v) is 2.02. The Balaban J connectivity index is 1.55. The molecule has 0 aromatic carbocycles. The number of rotatable bonds is 6. The zero-order valence-corrected chi connectivity index (χ0v) is 8.18. The van der Waals surface area contributed by atoms with Gasteiger partial charge in [-0.25, -0.2) is 0 Å². The number of hydrogen-bond donors (Lipinski definition) is 1. The van der Waals surface area contributed by atoms with E-state index in [-0.39, 0.29) is 0 Å². The summed E-state index contributed by atoms with van der Waals surface area (Å²) in [5.74, 6) is 2.13. The molecule has 0 aliphatic heterocycles. The van der Waals surface area contributed by atoms with Gasteiger partial charge in [-0.2, -0.15) is 0 Å². The van der Waals surface area contributed by atoms with Gasteiger partial charge in [0, 0.05) is 6.04 Å². The Morgan fingerprint density at radius 3 is 2.50 bits per heavy atom. The summed E-state index contributed by atoms with van der Waals surface area (Å²) in [5.41, 5.74) is 0. The van der Waals surface area contributed by atoms with E-state index in [0.29, 0.717) is 0 Å². The fourth-order valence-electron chi connectivity index (χ4n) is 2.02. The van der Waals surface area contributed by atoms with Crippen LogP contribution in [0.3, 0.4) is 0 Å². The smallest absolute Gasteiger partial charge is 0.00927 e. The van der Waals surface area contributed by atoms with Crippen LogP contribution < -0.4 is 5.32 Å². The third-order valence-corrected chi connectivity index (χ3v) is 3.29. The molecule has 0 aromatic rings. The molecule has 0 radical (unpaired) electrons. The molecule has 1 atom stereocenters. The van der Waals surface area contributed by atoms with Crippen molar-refractivity contribution in [1.29, 1.82) is 0 Å². The molecule has 2 rings (SSSR count). The highest BCUT2D eigenvalue weighted by atomic mass is 14.9. The van der Waals surface area contributed by atoms with Gasteiger partial charge in [-0.15, -0.1) is 0 Å². The van der Waals surface area contributed by atoms with Crippen LogP contribution in [0, 0.1) is 11.8 Å². The summed E-state index contributed by atoms with van der Waals surface area (Å²) in [4.78, 5) is 0. The number of nitrogens with one attached hydrogen (secondary N) is 1. The van der Waals surface area contributed by atoms with E-state index in [4.69, 9.17) is 0 Å². The molecule has 1 heteroatoms. The summed E-state index contributed by atoms with van der Waals surface area (Å²) < 4.78 is 0. The van der Waals surface area contributed by atoms with E-state index in [1.807, 2.05) is 0 Å². The molecule has 70 valence electrons. The molecule has 0 amide bonds. The fraction of sp³-hybridized carbons (Fsp3) is 1.00. The van der Waals surface area contributed by atoms with Gasteiger partial charge >= 0.3 is 0 Å². The lowest BCUT2D eigenvalue weighted by atomic mass is 10.1. The minimum Gasteiger partial charge on any atom is -0.314 e. The van der Waals surface area contributed by atoms with Gasteiger partial charge in [0.25, 0.3) is 0 Å². The molecule has 0 bridgehead atoms. The molecule has 2 aliphatic carbocycles. The molecule has 12 heavy (non-hydrogen) atoms. The van der Waals surface area contributed by atoms with Crippen LogP contribution >= 0.6 is 0 Å². The van der Waals surface area contributed by atoms with Crippen LogP contribution in [0.4, 0.5) is 0 Å². The lowest BCUT2D eigenvalue weighted by Gasteiger charge is -2.15. The average molecular weight is 167 g/mol. The molecular weight excluding hydrogens is 146 g/mol. The lowest BCUT2D eigenvalue weighted by Crippen LogP contribution is -2.31. The van der Waals surface area contributed by atoms with Gasteiger partial charge in [0.15, 0.2) is 0 Å². The predicted molar refractivity (Wildman–Crippen MR) is 52.1 cm³/mol. The Labute approximate surface area is 75.9 Å². The first-order chi connectivity index (χ1) is 5.90. The maximum absolute atomic E-state index is 3.70. The Bertz CT molecular complexity index is 136. The zero-order chi connectivity index (χ0) is 8.39. The third-order valence-electron chi connectivity index (χ3n) is 3.29. The van der Waals surface area contributed by atoms with Crippen molar-refractivity contribution in [2.24, 2.45) is 11.8 Å². The van der Waals surface area contributed by atoms with Crippen LogP contribution in [-0.2, 0) is 0 Å². The van der Waals surface area contributed by atoms with Gasteiger partial charge < -0.3 is 5.32 Å². The maximum atomic E-state index is 3.70. The van der Waals surface area contributed by atoms with Gasteiger partial charge in [0.2, 0.25) is 0 Å². The standard InChI is InChI=1S/C11H21N/c1-2-11(10-5-6-10)12-8-7-9-3-4-9/h9-12H,2-8H2,1H3. The van der Waals surface area contributed by atoms with Crippen LogP contribution in [0.25, 0.3) is 0 Å². The summed E-state index contributed by atoms with van der Waals surface area (Å²) in [6.45, 7) is 3.59. The van der Waals surface area contributed by atoms with E-state index >= 15 is 0 Å². The summed E-state index contributed by atoms with van der Waals surface area (Å²) >= 11 is 0. The van der Waals surface area contributed by atoms with E-state index in [1.54, 1.807) is 0 Å². The molecule has 2 aliphatic rings. The van der Waals surface area contributed by atoms with E-state index < -0.39 is 0 Å². The quantitative estimate of drug-likeness (QED) is 0.641. The second-order valence-electron chi connectivity index (χ2n) is 4.54. The van der Waals surface area contributed by atoms with Gasteiger partial charge in [-0.3, -0.25) is 0 Å². The topological polar surface area (TPSA) is 12.0 Å². The van der Waals surface area contributed by atoms with Crippen molar-refractivity contribution in [3.63, 3.8) is 0 Å². The Hall–Kier alpha value is -0.0400. The van der Waals surface area contributed by atoms with Crippen molar-refractivity contribution < 1.29 is 0 Å². The molecule has 0 aromatic heterocycles. The highest BCUT2D eigenvalue weighted by molar-refractivity contribution is 4.86. The highest BCUT2D eigenvalue weighted by Gasteiger charge is 2.29. The van der Waals surface area contributed by atoms with Crippen LogP contribution in [-0.4, -0.2) is 12.6 Å². The molecular formula is C11H21N. The summed E-state index contributed by atoms with van der Waals surface area (Å²) in [7, 11) is 0. The molecule has 0 saturated heterocycles. The molecule has 0 spiro atoms. The van der Waals surface area contributed by atoms with Crippen LogP contribution in [0.2, 0.25) is 0 Å². The van der Waals surface area contributed by atoms with E-state index in [1.165, 1.54) is 45.1 Å². The minimum absolute atomic E-state index is 0.851. The monoisotopic (exact) mass is 167 g/mol. The van der Waals surface area contributed by atoms with Crippen molar-refractivity contribution in [2.45, 2.75) is 51.5 Å². The molecule has 1 unspecified atom stereocenters. The van der Waals surface area contributed by atoms with Crippen LogP contribution in [0.15, 0.2) is 0 Å². The minimum atomic E-state index is 0.851. The van der Waals surface area contributed by atoms with Crippen LogP contribution in [0.1, 0.15) is 45.4 Å². The molecule has 1 N–H and O–H groups in total. The van der Waals surface area contributed by atoms with E-state index in [0.717, 1.165) is 17.9 Å². The average Bonchev–Trinajstić information content (AvgIpc) is 2.87. The third kappa shape index (κ3) is 2.48. The molecule has 2 fully saturated rings. The normalized spacial score (nSPS) is 25.8. The summed E-state index contributed by atoms with van der Waals surface area (Å²) in [6, 6.07) is 0.851. The second-order valence-corrected chi connectivity index (χ2v) is 4.54. The van der Waals surface area contributed by atoms with Crippen molar-refractivity contribution >= 4 is 0 Å². The van der Waals surface area contributed by atoms with E-state index in [9.17, 15) is 0 Å². The van der Waals surface area contributed by atoms with Crippen LogP contribution in [0.5, 0.6) is 0 Å². The Morgan fingerprint density at radius 2 is 2.00 bits per heavy atom. The van der Waals surface area contributed by atoms with Crippen molar-refractivity contribution in [3.8, 4) is 0 Å². The number of hydrogen-bond acceptors (Lipinski definition) is 1. The second kappa shape index (κ2) is 3.78.